The van der Waals surface area contributed by atoms with Crippen LogP contribution in [0.5, 0.6) is 5.75 Å². The first-order valence-corrected chi connectivity index (χ1v) is 3.25. The van der Waals surface area contributed by atoms with Gasteiger partial charge in [0.05, 0.1) is 5.56 Å². The van der Waals surface area contributed by atoms with Gasteiger partial charge in [0.1, 0.15) is 5.75 Å². The van der Waals surface area contributed by atoms with Crippen LogP contribution in [-0.2, 0) is 0 Å². The molecule has 0 saturated heterocycles. The van der Waals surface area contributed by atoms with Crippen LogP contribution in [0.2, 0.25) is 5.02 Å². The van der Waals surface area contributed by atoms with Crippen LogP contribution in [0.15, 0.2) is 18.2 Å². The number of halogens is 3. The van der Waals surface area contributed by atoms with Crippen molar-refractivity contribution < 1.29 is 13.9 Å². The van der Waals surface area contributed by atoms with Crippen molar-refractivity contribution in [2.24, 2.45) is 0 Å². The van der Waals surface area contributed by atoms with Gasteiger partial charge < -0.3 is 5.11 Å². The molecule has 0 unspecified atom stereocenters. The third-order valence-corrected chi connectivity index (χ3v) is 1.46. The quantitative estimate of drug-likeness (QED) is 0.701. The van der Waals surface area contributed by atoms with Crippen molar-refractivity contribution in [3.05, 3.63) is 28.8 Å². The second-order valence-corrected chi connectivity index (χ2v) is 2.44. The van der Waals surface area contributed by atoms with Crippen LogP contribution in [0.1, 0.15) is 12.0 Å². The molecule has 0 aliphatic heterocycles. The van der Waals surface area contributed by atoms with Crippen molar-refractivity contribution >= 4 is 11.6 Å². The summed E-state index contributed by atoms with van der Waals surface area (Å²) in [5, 5.41) is 9.14. The van der Waals surface area contributed by atoms with Crippen LogP contribution in [0.25, 0.3) is 0 Å². The van der Waals surface area contributed by atoms with Crippen LogP contribution in [0.4, 0.5) is 8.78 Å². The van der Waals surface area contributed by atoms with Gasteiger partial charge in [-0.15, -0.1) is 0 Å². The Morgan fingerprint density at radius 2 is 2.00 bits per heavy atom. The maximum atomic E-state index is 12.0. The third kappa shape index (κ3) is 1.80. The molecule has 0 amide bonds. The Morgan fingerprint density at radius 1 is 1.36 bits per heavy atom. The minimum atomic E-state index is -2.66. The Bertz CT molecular complexity index is 263. The molecule has 0 fully saturated rings. The average Bonchev–Trinajstić information content (AvgIpc) is 1.85. The molecule has 0 aromatic heterocycles. The molecule has 1 aromatic rings. The predicted molar refractivity (Wildman–Crippen MR) is 38.1 cm³/mol. The zero-order valence-electron chi connectivity index (χ0n) is 5.39. The zero-order chi connectivity index (χ0) is 8.43. The first-order valence-electron chi connectivity index (χ1n) is 2.88. The van der Waals surface area contributed by atoms with Crippen LogP contribution in [0.3, 0.4) is 0 Å². The summed E-state index contributed by atoms with van der Waals surface area (Å²) in [7, 11) is 0. The molecular formula is C7H5ClF2O. The lowest BCUT2D eigenvalue weighted by Gasteiger charge is -2.01. The average molecular weight is 179 g/mol. The van der Waals surface area contributed by atoms with E-state index in [-0.39, 0.29) is 5.02 Å². The number of benzene rings is 1. The van der Waals surface area contributed by atoms with Crippen molar-refractivity contribution in [1.82, 2.24) is 0 Å². The number of aromatic hydroxyl groups is 1. The number of phenols is 1. The summed E-state index contributed by atoms with van der Waals surface area (Å²) >= 11 is 5.42. The fourth-order valence-electron chi connectivity index (χ4n) is 0.701. The Balaban J connectivity index is 3.09. The summed E-state index contributed by atoms with van der Waals surface area (Å²) in [5.41, 5.74) is -0.394. The van der Waals surface area contributed by atoms with E-state index < -0.39 is 17.7 Å². The van der Waals surface area contributed by atoms with Crippen molar-refractivity contribution in [2.75, 3.05) is 0 Å². The molecule has 0 aliphatic carbocycles. The topological polar surface area (TPSA) is 20.2 Å². The van der Waals surface area contributed by atoms with Gasteiger partial charge in [-0.1, -0.05) is 11.6 Å². The van der Waals surface area contributed by atoms with Gasteiger partial charge in [-0.2, -0.15) is 0 Å². The molecule has 0 spiro atoms. The normalized spacial score (nSPS) is 10.5. The molecule has 0 aliphatic rings. The lowest BCUT2D eigenvalue weighted by Crippen LogP contribution is -1.83. The molecule has 1 aromatic carbocycles. The highest BCUT2D eigenvalue weighted by Crippen LogP contribution is 2.29. The standard InChI is InChI=1S/C7H5ClF2O/c8-4-1-2-5(7(9)10)6(11)3-4/h1-3,7,11H. The van der Waals surface area contributed by atoms with E-state index in [2.05, 4.69) is 0 Å². The summed E-state index contributed by atoms with van der Waals surface area (Å²) in [4.78, 5) is 0. The lowest BCUT2D eigenvalue weighted by atomic mass is 10.2. The first kappa shape index (κ1) is 8.27. The van der Waals surface area contributed by atoms with E-state index in [0.717, 1.165) is 12.1 Å². The number of alkyl halides is 2. The van der Waals surface area contributed by atoms with Gasteiger partial charge in [0.15, 0.2) is 0 Å². The number of hydrogen-bond acceptors (Lipinski definition) is 1. The van der Waals surface area contributed by atoms with Gasteiger partial charge >= 0.3 is 0 Å². The summed E-state index contributed by atoms with van der Waals surface area (Å²) in [6.07, 6.45) is -2.66. The number of hydrogen-bond donors (Lipinski definition) is 1. The van der Waals surface area contributed by atoms with E-state index in [4.69, 9.17) is 16.7 Å². The fourth-order valence-corrected chi connectivity index (χ4v) is 0.868. The third-order valence-electron chi connectivity index (χ3n) is 1.23. The Labute approximate surface area is 67.2 Å². The van der Waals surface area contributed by atoms with Crippen molar-refractivity contribution in [3.8, 4) is 5.75 Å². The van der Waals surface area contributed by atoms with Crippen LogP contribution in [0, 0.1) is 0 Å². The molecule has 0 bridgehead atoms. The monoisotopic (exact) mass is 178 g/mol. The first-order chi connectivity index (χ1) is 5.11. The largest absolute Gasteiger partial charge is 0.507 e. The smallest absolute Gasteiger partial charge is 0.267 e. The molecule has 0 heterocycles. The summed E-state index contributed by atoms with van der Waals surface area (Å²) in [6, 6.07) is 3.49. The van der Waals surface area contributed by atoms with E-state index in [9.17, 15) is 8.78 Å². The van der Waals surface area contributed by atoms with E-state index in [0.29, 0.717) is 0 Å². The predicted octanol–water partition coefficient (Wildman–Crippen LogP) is 2.98. The van der Waals surface area contributed by atoms with Gasteiger partial charge in [0.2, 0.25) is 0 Å². The maximum Gasteiger partial charge on any atom is 0.267 e. The van der Waals surface area contributed by atoms with Gasteiger partial charge in [0.25, 0.3) is 6.43 Å². The highest BCUT2D eigenvalue weighted by atomic mass is 35.5. The van der Waals surface area contributed by atoms with Crippen molar-refractivity contribution in [2.45, 2.75) is 6.43 Å². The minimum absolute atomic E-state index is 0.243. The van der Waals surface area contributed by atoms with E-state index in [1.165, 1.54) is 6.07 Å². The highest BCUT2D eigenvalue weighted by Gasteiger charge is 2.11. The Morgan fingerprint density at radius 3 is 2.45 bits per heavy atom. The molecule has 1 nitrogen and oxygen atoms in total. The van der Waals surface area contributed by atoms with Crippen molar-refractivity contribution in [3.63, 3.8) is 0 Å². The van der Waals surface area contributed by atoms with Gasteiger partial charge in [0, 0.05) is 5.02 Å². The van der Waals surface area contributed by atoms with E-state index >= 15 is 0 Å². The molecule has 4 heteroatoms. The van der Waals surface area contributed by atoms with E-state index in [1.807, 2.05) is 0 Å². The molecule has 0 saturated carbocycles. The van der Waals surface area contributed by atoms with Gasteiger partial charge in [-0.25, -0.2) is 8.78 Å². The van der Waals surface area contributed by atoms with Crippen LogP contribution >= 0.6 is 11.6 Å². The SMILES string of the molecule is Oc1cc(Cl)ccc1C(F)F. The molecule has 0 radical (unpaired) electrons. The van der Waals surface area contributed by atoms with Crippen molar-refractivity contribution in [1.29, 1.82) is 0 Å². The summed E-state index contributed by atoms with van der Waals surface area (Å²) in [5.74, 6) is -0.465. The number of rotatable bonds is 1. The Kier molecular flexibility index (Phi) is 2.29. The Hall–Kier alpha value is -0.830. The molecule has 11 heavy (non-hydrogen) atoms. The van der Waals surface area contributed by atoms with Gasteiger partial charge in [-0.3, -0.25) is 0 Å². The lowest BCUT2D eigenvalue weighted by molar-refractivity contribution is 0.147. The minimum Gasteiger partial charge on any atom is -0.507 e. The van der Waals surface area contributed by atoms with Crippen LogP contribution < -0.4 is 0 Å². The van der Waals surface area contributed by atoms with E-state index in [1.54, 1.807) is 0 Å². The highest BCUT2D eigenvalue weighted by molar-refractivity contribution is 6.30. The summed E-state index contributed by atoms with van der Waals surface area (Å²) in [6.45, 7) is 0. The fraction of sp³-hybridized carbons (Fsp3) is 0.143. The molecule has 0 atom stereocenters. The zero-order valence-corrected chi connectivity index (χ0v) is 6.15. The molecule has 60 valence electrons. The molecule has 1 rings (SSSR count). The maximum absolute atomic E-state index is 12.0. The number of phenolic OH excluding ortho intramolecular Hbond substituents is 1. The van der Waals surface area contributed by atoms with Crippen LogP contribution in [-0.4, -0.2) is 5.11 Å². The van der Waals surface area contributed by atoms with Gasteiger partial charge in [-0.05, 0) is 18.2 Å². The second-order valence-electron chi connectivity index (χ2n) is 2.00. The second kappa shape index (κ2) is 3.05. The summed E-state index contributed by atoms with van der Waals surface area (Å²) < 4.78 is 23.9. The molecular weight excluding hydrogens is 174 g/mol. The molecule has 1 N–H and O–H groups in total.